The van der Waals surface area contributed by atoms with Crippen LogP contribution >= 0.6 is 0 Å². The lowest BCUT2D eigenvalue weighted by Crippen LogP contribution is -2.52. The third-order valence-corrected chi connectivity index (χ3v) is 3.82. The quantitative estimate of drug-likeness (QED) is 0.758. The lowest BCUT2D eigenvalue weighted by molar-refractivity contribution is -0.0474. The molecule has 0 aliphatic carbocycles. The van der Waals surface area contributed by atoms with Crippen LogP contribution in [0.1, 0.15) is 53.9 Å². The van der Waals surface area contributed by atoms with Gasteiger partial charge in [0.15, 0.2) is 0 Å². The first kappa shape index (κ1) is 15.9. The predicted molar refractivity (Wildman–Crippen MR) is 78.1 cm³/mol. The number of nitrogens with one attached hydrogen (secondary N) is 1. The van der Waals surface area contributed by atoms with Gasteiger partial charge < -0.3 is 10.1 Å². The van der Waals surface area contributed by atoms with E-state index < -0.39 is 0 Å². The Balaban J connectivity index is 2.37. The summed E-state index contributed by atoms with van der Waals surface area (Å²) in [5.74, 6) is 0. The van der Waals surface area contributed by atoms with E-state index in [0.717, 1.165) is 19.7 Å². The largest absolute Gasteiger partial charge is 0.375 e. The van der Waals surface area contributed by atoms with Gasteiger partial charge >= 0.3 is 0 Å². The molecule has 3 nitrogen and oxygen atoms in total. The van der Waals surface area contributed by atoms with Gasteiger partial charge in [-0.2, -0.15) is 0 Å². The number of likely N-dealkylation sites (tertiary alicyclic amines) is 1. The van der Waals surface area contributed by atoms with Crippen molar-refractivity contribution in [2.45, 2.75) is 71.6 Å². The number of rotatable bonds is 7. The van der Waals surface area contributed by atoms with E-state index in [4.69, 9.17) is 4.74 Å². The Hall–Kier alpha value is -0.120. The Morgan fingerprint density at radius 2 is 2.06 bits per heavy atom. The van der Waals surface area contributed by atoms with Crippen LogP contribution in [0.2, 0.25) is 0 Å². The summed E-state index contributed by atoms with van der Waals surface area (Å²) >= 11 is 0. The van der Waals surface area contributed by atoms with Gasteiger partial charge in [0.05, 0.1) is 5.60 Å². The highest BCUT2D eigenvalue weighted by Gasteiger charge is 2.29. The van der Waals surface area contributed by atoms with E-state index in [0.29, 0.717) is 12.1 Å². The first-order valence-corrected chi connectivity index (χ1v) is 7.60. The summed E-state index contributed by atoms with van der Waals surface area (Å²) in [6, 6.07) is 1.37. The fourth-order valence-electron chi connectivity index (χ4n) is 2.91. The minimum absolute atomic E-state index is 0.0211. The van der Waals surface area contributed by atoms with Gasteiger partial charge in [-0.15, -0.1) is 0 Å². The topological polar surface area (TPSA) is 24.5 Å². The Morgan fingerprint density at radius 3 is 2.61 bits per heavy atom. The van der Waals surface area contributed by atoms with Crippen molar-refractivity contribution in [3.63, 3.8) is 0 Å². The molecule has 1 aliphatic rings. The van der Waals surface area contributed by atoms with Crippen molar-refractivity contribution in [1.82, 2.24) is 10.2 Å². The first-order valence-electron chi connectivity index (χ1n) is 7.60. The minimum atomic E-state index is -0.0211. The summed E-state index contributed by atoms with van der Waals surface area (Å²) in [4.78, 5) is 2.58. The standard InChI is InChI=1S/C15H32N2O/c1-6-9-16-14-8-10-17(13(3)11-14)12-15(4,5)18-7-2/h13-14,16H,6-12H2,1-5H3. The number of hydrogen-bond acceptors (Lipinski definition) is 3. The Kier molecular flexibility index (Phi) is 6.61. The van der Waals surface area contributed by atoms with Crippen molar-refractivity contribution in [1.29, 1.82) is 0 Å². The molecule has 0 saturated carbocycles. The molecule has 0 amide bonds. The van der Waals surface area contributed by atoms with Crippen LogP contribution in [0.4, 0.5) is 0 Å². The zero-order chi connectivity index (χ0) is 13.6. The normalized spacial score (nSPS) is 26.5. The highest BCUT2D eigenvalue weighted by molar-refractivity contribution is 4.86. The Bertz CT molecular complexity index is 231. The fraction of sp³-hybridized carbons (Fsp3) is 1.00. The second-order valence-corrected chi connectivity index (χ2v) is 6.19. The SMILES string of the molecule is CCCNC1CCN(CC(C)(C)OCC)C(C)C1. The molecule has 0 spiro atoms. The van der Waals surface area contributed by atoms with E-state index in [1.54, 1.807) is 0 Å². The monoisotopic (exact) mass is 256 g/mol. The molecule has 1 N–H and O–H groups in total. The minimum Gasteiger partial charge on any atom is -0.375 e. The molecule has 1 fully saturated rings. The molecule has 1 heterocycles. The Morgan fingerprint density at radius 1 is 1.33 bits per heavy atom. The predicted octanol–water partition coefficient (Wildman–Crippen LogP) is 2.65. The van der Waals surface area contributed by atoms with Crippen molar-refractivity contribution in [3.05, 3.63) is 0 Å². The molecule has 108 valence electrons. The summed E-state index contributed by atoms with van der Waals surface area (Å²) < 4.78 is 5.81. The molecular weight excluding hydrogens is 224 g/mol. The second kappa shape index (κ2) is 7.46. The van der Waals surface area contributed by atoms with E-state index in [-0.39, 0.29) is 5.60 Å². The maximum absolute atomic E-state index is 5.81. The van der Waals surface area contributed by atoms with E-state index in [1.165, 1.54) is 25.8 Å². The van der Waals surface area contributed by atoms with Gasteiger partial charge in [0.2, 0.25) is 0 Å². The molecule has 18 heavy (non-hydrogen) atoms. The second-order valence-electron chi connectivity index (χ2n) is 6.19. The van der Waals surface area contributed by atoms with Crippen LogP contribution in [-0.2, 0) is 4.74 Å². The smallest absolute Gasteiger partial charge is 0.0752 e. The zero-order valence-electron chi connectivity index (χ0n) is 13.0. The maximum atomic E-state index is 5.81. The van der Waals surface area contributed by atoms with Crippen molar-refractivity contribution < 1.29 is 4.74 Å². The molecule has 1 rings (SSSR count). The maximum Gasteiger partial charge on any atom is 0.0752 e. The summed E-state index contributed by atoms with van der Waals surface area (Å²) in [6.07, 6.45) is 3.76. The molecule has 1 saturated heterocycles. The van der Waals surface area contributed by atoms with Crippen LogP contribution in [0.5, 0.6) is 0 Å². The fourth-order valence-corrected chi connectivity index (χ4v) is 2.91. The lowest BCUT2D eigenvalue weighted by atomic mass is 9.96. The van der Waals surface area contributed by atoms with Gasteiger partial charge in [0.25, 0.3) is 0 Å². The van der Waals surface area contributed by atoms with Crippen molar-refractivity contribution in [2.75, 3.05) is 26.2 Å². The van der Waals surface area contributed by atoms with Crippen LogP contribution < -0.4 is 5.32 Å². The molecular formula is C15H32N2O. The van der Waals surface area contributed by atoms with Crippen LogP contribution in [0.15, 0.2) is 0 Å². The van der Waals surface area contributed by atoms with Crippen molar-refractivity contribution in [2.24, 2.45) is 0 Å². The summed E-state index contributed by atoms with van der Waals surface area (Å²) in [5.41, 5.74) is -0.0211. The van der Waals surface area contributed by atoms with Gasteiger partial charge in [-0.1, -0.05) is 6.92 Å². The van der Waals surface area contributed by atoms with E-state index in [2.05, 4.69) is 44.8 Å². The highest BCUT2D eigenvalue weighted by Crippen LogP contribution is 2.21. The molecule has 2 atom stereocenters. The number of ether oxygens (including phenoxy) is 1. The molecule has 0 aromatic rings. The Labute approximate surface area is 113 Å². The van der Waals surface area contributed by atoms with Gasteiger partial charge in [0, 0.05) is 31.8 Å². The molecule has 0 aromatic carbocycles. The number of piperidine rings is 1. The molecule has 0 radical (unpaired) electrons. The molecule has 2 unspecified atom stereocenters. The van der Waals surface area contributed by atoms with Crippen LogP contribution in [0.25, 0.3) is 0 Å². The van der Waals surface area contributed by atoms with Gasteiger partial charge in [-0.3, -0.25) is 4.90 Å². The number of hydrogen-bond donors (Lipinski definition) is 1. The highest BCUT2D eigenvalue weighted by atomic mass is 16.5. The van der Waals surface area contributed by atoms with Crippen molar-refractivity contribution in [3.8, 4) is 0 Å². The van der Waals surface area contributed by atoms with Crippen LogP contribution in [0.3, 0.4) is 0 Å². The van der Waals surface area contributed by atoms with E-state index >= 15 is 0 Å². The average molecular weight is 256 g/mol. The average Bonchev–Trinajstić information content (AvgIpc) is 2.29. The first-order chi connectivity index (χ1) is 8.48. The van der Waals surface area contributed by atoms with Crippen molar-refractivity contribution >= 4 is 0 Å². The lowest BCUT2D eigenvalue weighted by Gasteiger charge is -2.41. The summed E-state index contributed by atoms with van der Waals surface area (Å²) in [7, 11) is 0. The molecule has 3 heteroatoms. The van der Waals surface area contributed by atoms with Gasteiger partial charge in [-0.25, -0.2) is 0 Å². The van der Waals surface area contributed by atoms with Gasteiger partial charge in [0.1, 0.15) is 0 Å². The zero-order valence-corrected chi connectivity index (χ0v) is 13.0. The summed E-state index contributed by atoms with van der Waals surface area (Å²) in [6.45, 7) is 15.2. The third-order valence-electron chi connectivity index (χ3n) is 3.82. The van der Waals surface area contributed by atoms with Gasteiger partial charge in [-0.05, 0) is 53.5 Å². The van der Waals surface area contributed by atoms with E-state index in [1.807, 2.05) is 0 Å². The van der Waals surface area contributed by atoms with Crippen LogP contribution in [-0.4, -0.2) is 48.8 Å². The molecule has 0 aromatic heterocycles. The van der Waals surface area contributed by atoms with E-state index in [9.17, 15) is 0 Å². The van der Waals surface area contributed by atoms with Crippen LogP contribution in [0, 0.1) is 0 Å². The molecule has 1 aliphatic heterocycles. The summed E-state index contributed by atoms with van der Waals surface area (Å²) in [5, 5.41) is 3.65. The molecule has 0 bridgehead atoms. The third kappa shape index (κ3) is 5.25. The number of nitrogens with zero attached hydrogens (tertiary/aromatic N) is 1.